The molecule has 146 valence electrons. The first-order valence-electron chi connectivity index (χ1n) is 10.5. The van der Waals surface area contributed by atoms with Crippen LogP contribution < -0.4 is 26.4 Å². The van der Waals surface area contributed by atoms with Gasteiger partial charge in [-0.25, -0.2) is 5.43 Å². The van der Waals surface area contributed by atoms with E-state index in [4.69, 9.17) is 0 Å². The second-order valence-electron chi connectivity index (χ2n) is 7.99. The smallest absolute Gasteiger partial charge is 0.0735 e. The van der Waals surface area contributed by atoms with Crippen molar-refractivity contribution in [2.24, 2.45) is 11.8 Å². The van der Waals surface area contributed by atoms with Crippen molar-refractivity contribution in [1.29, 1.82) is 0 Å². The first kappa shape index (κ1) is 19.6. The molecule has 5 nitrogen and oxygen atoms in total. The topological polar surface area (TPSA) is 51.4 Å². The van der Waals surface area contributed by atoms with Gasteiger partial charge in [0.15, 0.2) is 0 Å². The van der Waals surface area contributed by atoms with Crippen molar-refractivity contribution >= 4 is 5.69 Å². The molecular formula is C21H37N5. The van der Waals surface area contributed by atoms with E-state index >= 15 is 0 Å². The highest BCUT2D eigenvalue weighted by Gasteiger charge is 2.29. The van der Waals surface area contributed by atoms with Crippen molar-refractivity contribution in [2.45, 2.75) is 58.8 Å². The summed E-state index contributed by atoms with van der Waals surface area (Å²) in [5.41, 5.74) is 6.07. The first-order chi connectivity index (χ1) is 12.7. The fraction of sp³-hybridized carbons (Fsp3) is 0.714. The lowest BCUT2D eigenvalue weighted by atomic mass is 9.89. The molecule has 4 N–H and O–H groups in total. The number of nitrogens with zero attached hydrogens (tertiary/aromatic N) is 1. The lowest BCUT2D eigenvalue weighted by molar-refractivity contribution is 0.198. The van der Waals surface area contributed by atoms with Crippen LogP contribution in [0.4, 0.5) is 5.69 Å². The third-order valence-corrected chi connectivity index (χ3v) is 5.82. The van der Waals surface area contributed by atoms with Crippen LogP contribution in [0.2, 0.25) is 0 Å². The Morgan fingerprint density at radius 1 is 1.15 bits per heavy atom. The lowest BCUT2D eigenvalue weighted by Crippen LogP contribution is -2.64. The van der Waals surface area contributed by atoms with Gasteiger partial charge in [-0.05, 0) is 36.0 Å². The van der Waals surface area contributed by atoms with E-state index in [1.54, 1.807) is 0 Å². The Hall–Kier alpha value is -1.14. The van der Waals surface area contributed by atoms with Crippen LogP contribution in [-0.4, -0.2) is 38.4 Å². The van der Waals surface area contributed by atoms with Crippen molar-refractivity contribution in [1.82, 2.24) is 21.4 Å². The SMILES string of the molecule is CCCC(CC)C1NCCNC1NCc1ccc(N2CC(C)CN2)cc1. The van der Waals surface area contributed by atoms with Gasteiger partial charge in [-0.3, -0.25) is 10.6 Å². The zero-order valence-electron chi connectivity index (χ0n) is 16.7. The molecule has 3 rings (SSSR count). The number of hydrogen-bond acceptors (Lipinski definition) is 5. The minimum Gasteiger partial charge on any atom is -0.310 e. The van der Waals surface area contributed by atoms with E-state index in [0.29, 0.717) is 18.1 Å². The third kappa shape index (κ3) is 4.97. The molecule has 1 aromatic carbocycles. The second kappa shape index (κ2) is 9.70. The number of rotatable bonds is 8. The zero-order valence-corrected chi connectivity index (χ0v) is 16.7. The molecule has 2 saturated heterocycles. The molecule has 0 radical (unpaired) electrons. The van der Waals surface area contributed by atoms with E-state index in [-0.39, 0.29) is 0 Å². The van der Waals surface area contributed by atoms with E-state index < -0.39 is 0 Å². The minimum absolute atomic E-state index is 0.348. The van der Waals surface area contributed by atoms with Gasteiger partial charge in [-0.15, -0.1) is 0 Å². The standard InChI is InChI=1S/C21H37N5/c1-4-6-18(5-2)20-21(23-12-11-22-20)24-14-17-7-9-19(10-8-17)26-15-16(3)13-25-26/h7-10,16,18,20-25H,4-6,11-15H2,1-3H3. The van der Waals surface area contributed by atoms with Crippen molar-refractivity contribution in [3.05, 3.63) is 29.8 Å². The van der Waals surface area contributed by atoms with Gasteiger partial charge < -0.3 is 10.3 Å². The number of nitrogens with one attached hydrogen (secondary N) is 4. The molecule has 0 amide bonds. The van der Waals surface area contributed by atoms with Crippen LogP contribution in [0.1, 0.15) is 45.6 Å². The number of hydrazine groups is 1. The Labute approximate surface area is 159 Å². The lowest BCUT2D eigenvalue weighted by Gasteiger charge is -2.39. The van der Waals surface area contributed by atoms with Crippen LogP contribution in [0.15, 0.2) is 24.3 Å². The van der Waals surface area contributed by atoms with Gasteiger partial charge in [-0.1, -0.05) is 45.7 Å². The summed E-state index contributed by atoms with van der Waals surface area (Å²) in [7, 11) is 0. The van der Waals surface area contributed by atoms with Gasteiger partial charge in [0, 0.05) is 38.8 Å². The molecule has 4 atom stereocenters. The molecule has 2 aliphatic rings. The third-order valence-electron chi connectivity index (χ3n) is 5.82. The number of piperazine rings is 1. The Kier molecular flexibility index (Phi) is 7.32. The molecule has 1 aromatic rings. The molecule has 2 fully saturated rings. The highest BCUT2D eigenvalue weighted by atomic mass is 15.5. The first-order valence-corrected chi connectivity index (χ1v) is 10.5. The average molecular weight is 360 g/mol. The van der Waals surface area contributed by atoms with Gasteiger partial charge in [-0.2, -0.15) is 0 Å². The summed E-state index contributed by atoms with van der Waals surface area (Å²) in [6.07, 6.45) is 4.14. The van der Waals surface area contributed by atoms with Crippen molar-refractivity contribution in [3.8, 4) is 0 Å². The zero-order chi connectivity index (χ0) is 18.4. The minimum atomic E-state index is 0.348. The predicted molar refractivity (Wildman–Crippen MR) is 110 cm³/mol. The van der Waals surface area contributed by atoms with Crippen LogP contribution in [0, 0.1) is 11.8 Å². The van der Waals surface area contributed by atoms with Crippen LogP contribution in [0.5, 0.6) is 0 Å². The van der Waals surface area contributed by atoms with Crippen molar-refractivity contribution < 1.29 is 0 Å². The molecule has 2 heterocycles. The Morgan fingerprint density at radius 3 is 2.58 bits per heavy atom. The molecule has 0 saturated carbocycles. The summed E-state index contributed by atoms with van der Waals surface area (Å²) < 4.78 is 0. The van der Waals surface area contributed by atoms with Gasteiger partial charge in [0.1, 0.15) is 0 Å². The maximum atomic E-state index is 3.75. The molecular weight excluding hydrogens is 322 g/mol. The van der Waals surface area contributed by atoms with E-state index in [1.807, 2.05) is 0 Å². The predicted octanol–water partition coefficient (Wildman–Crippen LogP) is 2.45. The maximum absolute atomic E-state index is 3.75. The second-order valence-corrected chi connectivity index (χ2v) is 7.99. The molecule has 0 bridgehead atoms. The van der Waals surface area contributed by atoms with Crippen molar-refractivity contribution in [3.63, 3.8) is 0 Å². The fourth-order valence-electron chi connectivity index (χ4n) is 4.28. The number of hydrogen-bond donors (Lipinski definition) is 4. The quantitative estimate of drug-likeness (QED) is 0.574. The molecule has 26 heavy (non-hydrogen) atoms. The largest absolute Gasteiger partial charge is 0.310 e. The Bertz CT molecular complexity index is 532. The number of benzene rings is 1. The molecule has 0 aromatic heterocycles. The van der Waals surface area contributed by atoms with E-state index in [0.717, 1.165) is 38.6 Å². The van der Waals surface area contributed by atoms with Gasteiger partial charge in [0.25, 0.3) is 0 Å². The van der Waals surface area contributed by atoms with Gasteiger partial charge >= 0.3 is 0 Å². The summed E-state index contributed by atoms with van der Waals surface area (Å²) in [5.74, 6) is 1.45. The summed E-state index contributed by atoms with van der Waals surface area (Å²) in [5, 5.41) is 13.5. The molecule has 4 unspecified atom stereocenters. The summed E-state index contributed by atoms with van der Waals surface area (Å²) in [4.78, 5) is 0. The average Bonchev–Trinajstić information content (AvgIpc) is 3.11. The Balaban J connectivity index is 1.55. The molecule has 2 aliphatic heterocycles. The highest BCUT2D eigenvalue weighted by molar-refractivity contribution is 5.47. The normalized spacial score (nSPS) is 27.7. The highest BCUT2D eigenvalue weighted by Crippen LogP contribution is 2.20. The molecule has 0 spiro atoms. The van der Waals surface area contributed by atoms with Crippen LogP contribution in [0.3, 0.4) is 0 Å². The fourth-order valence-corrected chi connectivity index (χ4v) is 4.28. The van der Waals surface area contributed by atoms with Crippen LogP contribution >= 0.6 is 0 Å². The maximum Gasteiger partial charge on any atom is 0.0735 e. The number of anilines is 1. The Morgan fingerprint density at radius 2 is 1.92 bits per heavy atom. The van der Waals surface area contributed by atoms with Crippen LogP contribution in [-0.2, 0) is 6.54 Å². The summed E-state index contributed by atoms with van der Waals surface area (Å²) in [6.45, 7) is 12.1. The van der Waals surface area contributed by atoms with E-state index in [2.05, 4.69) is 71.4 Å². The van der Waals surface area contributed by atoms with Crippen LogP contribution in [0.25, 0.3) is 0 Å². The molecule has 0 aliphatic carbocycles. The monoisotopic (exact) mass is 359 g/mol. The molecule has 5 heteroatoms. The van der Waals surface area contributed by atoms with E-state index in [9.17, 15) is 0 Å². The summed E-state index contributed by atoms with van der Waals surface area (Å²) >= 11 is 0. The van der Waals surface area contributed by atoms with Crippen molar-refractivity contribution in [2.75, 3.05) is 31.2 Å². The van der Waals surface area contributed by atoms with E-state index in [1.165, 1.54) is 30.5 Å². The van der Waals surface area contributed by atoms with Gasteiger partial charge in [0.05, 0.1) is 11.9 Å². The summed E-state index contributed by atoms with van der Waals surface area (Å²) in [6, 6.07) is 9.49. The van der Waals surface area contributed by atoms with Gasteiger partial charge in [0.2, 0.25) is 0 Å².